The molecule has 1 saturated carbocycles. The second-order valence-corrected chi connectivity index (χ2v) is 4.06. The number of ether oxygens (including phenoxy) is 1. The monoisotopic (exact) mass is 185 g/mol. The first-order valence-corrected chi connectivity index (χ1v) is 5.07. The van der Waals surface area contributed by atoms with E-state index in [2.05, 4.69) is 5.32 Å². The minimum absolute atomic E-state index is 0.0816. The molecule has 13 heavy (non-hydrogen) atoms. The summed E-state index contributed by atoms with van der Waals surface area (Å²) < 4.78 is 5.03. The summed E-state index contributed by atoms with van der Waals surface area (Å²) in [5, 5.41) is 3.27. The molecular formula is C10H19NO2. The van der Waals surface area contributed by atoms with Crippen LogP contribution in [-0.4, -0.2) is 25.2 Å². The number of esters is 1. The lowest BCUT2D eigenvalue weighted by atomic mass is 10.2. The predicted octanol–water partition coefficient (Wildman–Crippen LogP) is 1.33. The molecule has 0 aromatic rings. The summed E-state index contributed by atoms with van der Waals surface area (Å²) in [6.45, 7) is 5.38. The molecule has 1 aliphatic rings. The van der Waals surface area contributed by atoms with Crippen molar-refractivity contribution in [2.24, 2.45) is 5.92 Å². The van der Waals surface area contributed by atoms with Crippen molar-refractivity contribution in [3.63, 3.8) is 0 Å². The van der Waals surface area contributed by atoms with Crippen molar-refractivity contribution in [3.05, 3.63) is 0 Å². The van der Waals surface area contributed by atoms with Gasteiger partial charge in [-0.25, -0.2) is 0 Å². The lowest BCUT2D eigenvalue weighted by Gasteiger charge is -2.07. The maximum atomic E-state index is 11.1. The molecule has 0 saturated heterocycles. The van der Waals surface area contributed by atoms with Gasteiger partial charge in [-0.05, 0) is 18.8 Å². The highest BCUT2D eigenvalue weighted by Crippen LogP contribution is 2.18. The third kappa shape index (κ3) is 5.64. The van der Waals surface area contributed by atoms with E-state index in [1.54, 1.807) is 0 Å². The number of carbonyl (C=O) groups is 1. The van der Waals surface area contributed by atoms with Crippen molar-refractivity contribution in [2.45, 2.75) is 39.2 Å². The minimum Gasteiger partial charge on any atom is -0.465 e. The first-order valence-electron chi connectivity index (χ1n) is 5.07. The molecule has 0 aromatic heterocycles. The maximum Gasteiger partial charge on any atom is 0.307 e. The lowest BCUT2D eigenvalue weighted by Crippen LogP contribution is -2.21. The molecule has 0 amide bonds. The molecule has 0 bridgehead atoms. The summed E-state index contributed by atoms with van der Waals surface area (Å²) in [4.78, 5) is 11.1. The van der Waals surface area contributed by atoms with E-state index in [1.807, 2.05) is 13.8 Å². The van der Waals surface area contributed by atoms with Gasteiger partial charge >= 0.3 is 5.97 Å². The van der Waals surface area contributed by atoms with Gasteiger partial charge < -0.3 is 10.1 Å². The van der Waals surface area contributed by atoms with Crippen LogP contribution in [-0.2, 0) is 9.53 Å². The van der Waals surface area contributed by atoms with Gasteiger partial charge in [0.2, 0.25) is 0 Å². The van der Waals surface area contributed by atoms with E-state index < -0.39 is 0 Å². The molecule has 0 radical (unpaired) electrons. The highest BCUT2D eigenvalue weighted by molar-refractivity contribution is 5.69. The maximum absolute atomic E-state index is 11.1. The minimum atomic E-state index is -0.0816. The van der Waals surface area contributed by atoms with Crippen molar-refractivity contribution in [1.29, 1.82) is 0 Å². The van der Waals surface area contributed by atoms with Crippen molar-refractivity contribution in [3.8, 4) is 0 Å². The van der Waals surface area contributed by atoms with Gasteiger partial charge in [0.15, 0.2) is 0 Å². The van der Waals surface area contributed by atoms with Gasteiger partial charge in [-0.15, -0.1) is 0 Å². The van der Waals surface area contributed by atoms with Crippen molar-refractivity contribution >= 4 is 5.97 Å². The number of hydrogen-bond donors (Lipinski definition) is 1. The predicted molar refractivity (Wildman–Crippen MR) is 51.4 cm³/mol. The molecule has 1 aliphatic carbocycles. The number of hydrogen-bond acceptors (Lipinski definition) is 3. The van der Waals surface area contributed by atoms with E-state index in [9.17, 15) is 4.79 Å². The van der Waals surface area contributed by atoms with Gasteiger partial charge in [-0.2, -0.15) is 0 Å². The molecular weight excluding hydrogens is 166 g/mol. The van der Waals surface area contributed by atoms with Gasteiger partial charge in [-0.1, -0.05) is 13.8 Å². The summed E-state index contributed by atoms with van der Waals surface area (Å²) in [5.74, 6) is 0.349. The Bertz CT molecular complexity index is 164. The summed E-state index contributed by atoms with van der Waals surface area (Å²) >= 11 is 0. The molecule has 0 heterocycles. The third-order valence-corrected chi connectivity index (χ3v) is 1.92. The van der Waals surface area contributed by atoms with E-state index in [1.165, 1.54) is 12.8 Å². The normalized spacial score (nSPS) is 16.2. The second kappa shape index (κ2) is 5.22. The van der Waals surface area contributed by atoms with Crippen LogP contribution in [0.1, 0.15) is 33.1 Å². The molecule has 0 unspecified atom stereocenters. The van der Waals surface area contributed by atoms with E-state index in [0.717, 1.165) is 6.54 Å². The zero-order valence-electron chi connectivity index (χ0n) is 8.51. The van der Waals surface area contributed by atoms with Gasteiger partial charge in [0.1, 0.15) is 0 Å². The average molecular weight is 185 g/mol. The summed E-state index contributed by atoms with van der Waals surface area (Å²) in [7, 11) is 0. The van der Waals surface area contributed by atoms with Gasteiger partial charge in [0, 0.05) is 12.6 Å². The average Bonchev–Trinajstić information content (AvgIpc) is 2.84. The van der Waals surface area contributed by atoms with Gasteiger partial charge in [-0.3, -0.25) is 4.79 Å². The van der Waals surface area contributed by atoms with Crippen molar-refractivity contribution in [2.75, 3.05) is 13.2 Å². The Hall–Kier alpha value is -0.570. The molecule has 3 nitrogen and oxygen atoms in total. The van der Waals surface area contributed by atoms with Crippen LogP contribution < -0.4 is 5.32 Å². The molecule has 0 atom stereocenters. The summed E-state index contributed by atoms with van der Waals surface area (Å²) in [6, 6.07) is 0.679. The third-order valence-electron chi connectivity index (χ3n) is 1.92. The lowest BCUT2D eigenvalue weighted by molar-refractivity contribution is -0.144. The van der Waals surface area contributed by atoms with Crippen LogP contribution in [0.15, 0.2) is 0 Å². The van der Waals surface area contributed by atoms with Crippen LogP contribution in [0.25, 0.3) is 0 Å². The first kappa shape index (κ1) is 10.5. The van der Waals surface area contributed by atoms with E-state index in [4.69, 9.17) is 4.74 Å². The molecule has 3 heteroatoms. The standard InChI is InChI=1S/C10H19NO2/c1-8(2)7-13-10(12)5-6-11-9-3-4-9/h8-9,11H,3-7H2,1-2H3. The Balaban J connectivity index is 1.90. The fraction of sp³-hybridized carbons (Fsp3) is 0.900. The zero-order valence-corrected chi connectivity index (χ0v) is 8.51. The SMILES string of the molecule is CC(C)COC(=O)CCNC1CC1. The smallest absolute Gasteiger partial charge is 0.307 e. The Morgan fingerprint density at radius 1 is 1.54 bits per heavy atom. The Labute approximate surface area is 79.8 Å². The molecule has 0 spiro atoms. The van der Waals surface area contributed by atoms with Crippen molar-refractivity contribution < 1.29 is 9.53 Å². The van der Waals surface area contributed by atoms with Crippen LogP contribution in [0.5, 0.6) is 0 Å². The largest absolute Gasteiger partial charge is 0.465 e. The summed E-state index contributed by atoms with van der Waals surface area (Å²) in [5.41, 5.74) is 0. The zero-order chi connectivity index (χ0) is 9.68. The Kier molecular flexibility index (Phi) is 4.22. The number of rotatable bonds is 6. The highest BCUT2D eigenvalue weighted by atomic mass is 16.5. The number of nitrogens with one attached hydrogen (secondary N) is 1. The van der Waals surface area contributed by atoms with Crippen molar-refractivity contribution in [1.82, 2.24) is 5.32 Å². The summed E-state index contributed by atoms with van der Waals surface area (Å²) in [6.07, 6.45) is 3.03. The van der Waals surface area contributed by atoms with Gasteiger partial charge in [0.25, 0.3) is 0 Å². The number of carbonyl (C=O) groups excluding carboxylic acids is 1. The first-order chi connectivity index (χ1) is 6.18. The van der Waals surface area contributed by atoms with E-state index in [0.29, 0.717) is 25.0 Å². The fourth-order valence-corrected chi connectivity index (χ4v) is 0.998. The molecule has 1 N–H and O–H groups in total. The Morgan fingerprint density at radius 3 is 2.77 bits per heavy atom. The van der Waals surface area contributed by atoms with Crippen LogP contribution in [0.2, 0.25) is 0 Å². The van der Waals surface area contributed by atoms with Gasteiger partial charge in [0.05, 0.1) is 13.0 Å². The van der Waals surface area contributed by atoms with E-state index >= 15 is 0 Å². The van der Waals surface area contributed by atoms with Crippen LogP contribution in [0.3, 0.4) is 0 Å². The topological polar surface area (TPSA) is 38.3 Å². The Morgan fingerprint density at radius 2 is 2.23 bits per heavy atom. The highest BCUT2D eigenvalue weighted by Gasteiger charge is 2.20. The molecule has 1 rings (SSSR count). The molecule has 0 aromatic carbocycles. The quantitative estimate of drug-likeness (QED) is 0.634. The molecule has 0 aliphatic heterocycles. The van der Waals surface area contributed by atoms with Crippen LogP contribution in [0, 0.1) is 5.92 Å². The second-order valence-electron chi connectivity index (χ2n) is 4.06. The van der Waals surface area contributed by atoms with Crippen LogP contribution >= 0.6 is 0 Å². The fourth-order valence-electron chi connectivity index (χ4n) is 0.998. The van der Waals surface area contributed by atoms with Crippen LogP contribution in [0.4, 0.5) is 0 Å². The molecule has 76 valence electrons. The van der Waals surface area contributed by atoms with E-state index in [-0.39, 0.29) is 5.97 Å². The molecule has 1 fully saturated rings.